The molecular formula is C6H11P. The quantitative estimate of drug-likeness (QED) is 0.422. The summed E-state index contributed by atoms with van der Waals surface area (Å²) < 4.78 is 0. The molecule has 0 N–H and O–H groups in total. The van der Waals surface area contributed by atoms with Crippen LogP contribution in [0.3, 0.4) is 0 Å². The molecular weight excluding hydrogens is 103 g/mol. The molecule has 1 saturated heterocycles. The maximum Gasteiger partial charge on any atom is -0.00846 e. The SMILES string of the molecule is C1CCC2(C1)CP2. The molecule has 1 heteroatoms. The Labute approximate surface area is 46.5 Å². The fraction of sp³-hybridized carbons (Fsp3) is 1.00. The average molecular weight is 114 g/mol. The highest BCUT2D eigenvalue weighted by Crippen LogP contribution is 2.61. The first-order valence-corrected chi connectivity index (χ1v) is 4.37. The van der Waals surface area contributed by atoms with Gasteiger partial charge in [0.1, 0.15) is 0 Å². The summed E-state index contributed by atoms with van der Waals surface area (Å²) in [6, 6.07) is 0. The first-order chi connectivity index (χ1) is 3.41. The van der Waals surface area contributed by atoms with Gasteiger partial charge in [-0.2, -0.15) is 0 Å². The van der Waals surface area contributed by atoms with Crippen molar-refractivity contribution in [3.05, 3.63) is 0 Å². The zero-order chi connectivity index (χ0) is 4.74. The van der Waals surface area contributed by atoms with Crippen LogP contribution in [0.5, 0.6) is 0 Å². The lowest BCUT2D eigenvalue weighted by molar-refractivity contribution is 0.750. The summed E-state index contributed by atoms with van der Waals surface area (Å²) in [5, 5.41) is 0.972. The monoisotopic (exact) mass is 114 g/mol. The Kier molecular flexibility index (Phi) is 0.758. The summed E-state index contributed by atoms with van der Waals surface area (Å²) in [4.78, 5) is 0. The van der Waals surface area contributed by atoms with E-state index < -0.39 is 0 Å². The average Bonchev–Trinajstić information content (AvgIpc) is 2.15. The van der Waals surface area contributed by atoms with Gasteiger partial charge < -0.3 is 0 Å². The van der Waals surface area contributed by atoms with Gasteiger partial charge in [-0.05, 0) is 24.2 Å². The highest BCUT2D eigenvalue weighted by atomic mass is 31.1. The highest BCUT2D eigenvalue weighted by molar-refractivity contribution is 7.49. The normalized spacial score (nSPS) is 37.7. The van der Waals surface area contributed by atoms with Crippen molar-refractivity contribution >= 4 is 8.58 Å². The predicted molar refractivity (Wildman–Crippen MR) is 34.4 cm³/mol. The van der Waals surface area contributed by atoms with E-state index in [4.69, 9.17) is 0 Å². The summed E-state index contributed by atoms with van der Waals surface area (Å²) in [6.45, 7) is 0. The second-order valence-corrected chi connectivity index (χ2v) is 4.61. The molecule has 0 bridgehead atoms. The van der Waals surface area contributed by atoms with Crippen LogP contribution in [-0.4, -0.2) is 11.3 Å². The first-order valence-electron chi connectivity index (χ1n) is 3.16. The van der Waals surface area contributed by atoms with Crippen LogP contribution >= 0.6 is 8.58 Å². The van der Waals surface area contributed by atoms with Gasteiger partial charge in [0.25, 0.3) is 0 Å². The summed E-state index contributed by atoms with van der Waals surface area (Å²) in [6.07, 6.45) is 7.81. The lowest BCUT2D eigenvalue weighted by atomic mass is 10.1. The molecule has 1 aliphatic carbocycles. The summed E-state index contributed by atoms with van der Waals surface area (Å²) in [7, 11) is 1.36. The van der Waals surface area contributed by atoms with E-state index in [0.29, 0.717) is 0 Å². The van der Waals surface area contributed by atoms with Crippen LogP contribution in [0.25, 0.3) is 0 Å². The number of hydrogen-bond acceptors (Lipinski definition) is 0. The summed E-state index contributed by atoms with van der Waals surface area (Å²) >= 11 is 0. The third-order valence-corrected chi connectivity index (χ3v) is 4.09. The van der Waals surface area contributed by atoms with Gasteiger partial charge in [0, 0.05) is 0 Å². The molecule has 1 atom stereocenters. The molecule has 0 aromatic carbocycles. The van der Waals surface area contributed by atoms with Gasteiger partial charge in [-0.15, -0.1) is 8.58 Å². The third-order valence-electron chi connectivity index (χ3n) is 2.24. The van der Waals surface area contributed by atoms with Crippen LogP contribution in [0.15, 0.2) is 0 Å². The van der Waals surface area contributed by atoms with Crippen LogP contribution in [0.2, 0.25) is 0 Å². The van der Waals surface area contributed by atoms with Crippen molar-refractivity contribution in [2.75, 3.05) is 6.16 Å². The molecule has 1 spiro atoms. The largest absolute Gasteiger partial charge is 0.114 e. The van der Waals surface area contributed by atoms with E-state index in [1.165, 1.54) is 21.4 Å². The van der Waals surface area contributed by atoms with Gasteiger partial charge in [0.2, 0.25) is 0 Å². The van der Waals surface area contributed by atoms with Crippen molar-refractivity contribution in [2.45, 2.75) is 30.8 Å². The van der Waals surface area contributed by atoms with E-state index >= 15 is 0 Å². The molecule has 1 heterocycles. The van der Waals surface area contributed by atoms with E-state index in [1.54, 1.807) is 19.0 Å². The molecule has 0 radical (unpaired) electrons. The molecule has 1 saturated carbocycles. The zero-order valence-electron chi connectivity index (χ0n) is 4.54. The molecule has 0 nitrogen and oxygen atoms in total. The summed E-state index contributed by atoms with van der Waals surface area (Å²) in [5.74, 6) is 0. The third kappa shape index (κ3) is 0.606. The van der Waals surface area contributed by atoms with Crippen molar-refractivity contribution in [1.29, 1.82) is 0 Å². The van der Waals surface area contributed by atoms with Crippen LogP contribution in [0.4, 0.5) is 0 Å². The van der Waals surface area contributed by atoms with Gasteiger partial charge >= 0.3 is 0 Å². The first kappa shape index (κ1) is 4.32. The van der Waals surface area contributed by atoms with Gasteiger partial charge in [-0.1, -0.05) is 12.8 Å². The lowest BCUT2D eigenvalue weighted by Gasteiger charge is -1.96. The Bertz CT molecular complexity index is 76.2. The van der Waals surface area contributed by atoms with E-state index in [0.717, 1.165) is 5.16 Å². The van der Waals surface area contributed by atoms with E-state index in [1.807, 2.05) is 0 Å². The van der Waals surface area contributed by atoms with Crippen molar-refractivity contribution in [2.24, 2.45) is 0 Å². The van der Waals surface area contributed by atoms with Crippen LogP contribution < -0.4 is 0 Å². The molecule has 2 aliphatic rings. The Balaban J connectivity index is 2.07. The Morgan fingerprint density at radius 3 is 2.00 bits per heavy atom. The van der Waals surface area contributed by atoms with Crippen LogP contribution in [0, 0.1) is 0 Å². The second kappa shape index (κ2) is 1.23. The van der Waals surface area contributed by atoms with Gasteiger partial charge in [0.15, 0.2) is 0 Å². The molecule has 40 valence electrons. The van der Waals surface area contributed by atoms with Gasteiger partial charge in [0.05, 0.1) is 0 Å². The van der Waals surface area contributed by atoms with E-state index in [9.17, 15) is 0 Å². The molecule has 2 rings (SSSR count). The van der Waals surface area contributed by atoms with E-state index in [2.05, 4.69) is 0 Å². The maximum atomic E-state index is 1.59. The van der Waals surface area contributed by atoms with Gasteiger partial charge in [-0.3, -0.25) is 0 Å². The second-order valence-electron chi connectivity index (χ2n) is 2.84. The highest BCUT2D eigenvalue weighted by Gasteiger charge is 2.44. The standard InChI is InChI=1S/C6H11P/c1-2-4-6(3-1)5-7-6/h7H,1-5H2. The minimum atomic E-state index is 0.972. The Hall–Kier alpha value is 0.430. The maximum absolute atomic E-state index is 1.59. The Morgan fingerprint density at radius 2 is 1.71 bits per heavy atom. The molecule has 1 aliphatic heterocycles. The predicted octanol–water partition coefficient (Wildman–Crippen LogP) is 1.99. The fourth-order valence-electron chi connectivity index (χ4n) is 1.53. The topological polar surface area (TPSA) is 0 Å². The fourth-order valence-corrected chi connectivity index (χ4v) is 2.84. The number of hydrogen-bond donors (Lipinski definition) is 0. The van der Waals surface area contributed by atoms with E-state index in [-0.39, 0.29) is 0 Å². The summed E-state index contributed by atoms with van der Waals surface area (Å²) in [5.41, 5.74) is 0. The minimum Gasteiger partial charge on any atom is -0.114 e. The molecule has 0 aromatic rings. The molecule has 0 amide bonds. The van der Waals surface area contributed by atoms with Crippen molar-refractivity contribution in [3.63, 3.8) is 0 Å². The minimum absolute atomic E-state index is 0.972. The Morgan fingerprint density at radius 1 is 1.14 bits per heavy atom. The zero-order valence-corrected chi connectivity index (χ0v) is 5.54. The van der Waals surface area contributed by atoms with Gasteiger partial charge in [-0.25, -0.2) is 0 Å². The lowest BCUT2D eigenvalue weighted by Crippen LogP contribution is -1.97. The van der Waals surface area contributed by atoms with Crippen molar-refractivity contribution < 1.29 is 0 Å². The van der Waals surface area contributed by atoms with Crippen LogP contribution in [0.1, 0.15) is 25.7 Å². The van der Waals surface area contributed by atoms with Crippen molar-refractivity contribution in [1.82, 2.24) is 0 Å². The van der Waals surface area contributed by atoms with Crippen LogP contribution in [-0.2, 0) is 0 Å². The molecule has 1 unspecified atom stereocenters. The molecule has 2 fully saturated rings. The smallest absolute Gasteiger partial charge is 0.00846 e. The number of rotatable bonds is 0. The van der Waals surface area contributed by atoms with Crippen molar-refractivity contribution in [3.8, 4) is 0 Å². The molecule has 0 aromatic heterocycles. The molecule has 7 heavy (non-hydrogen) atoms.